The van der Waals surface area contributed by atoms with Crippen LogP contribution in [0.1, 0.15) is 11.1 Å². The molecule has 0 spiro atoms. The number of pyridine rings is 1. The predicted molar refractivity (Wildman–Crippen MR) is 99.2 cm³/mol. The third-order valence-corrected chi connectivity index (χ3v) is 4.16. The van der Waals surface area contributed by atoms with E-state index in [4.69, 9.17) is 4.74 Å². The zero-order valence-corrected chi connectivity index (χ0v) is 15.2. The topological polar surface area (TPSA) is 78.0 Å². The smallest absolute Gasteiger partial charge is 0.345 e. The first-order valence-corrected chi connectivity index (χ1v) is 8.42. The maximum atomic E-state index is 11.9. The second-order valence-electron chi connectivity index (χ2n) is 5.87. The van der Waals surface area contributed by atoms with Crippen molar-refractivity contribution in [1.82, 2.24) is 4.98 Å². The number of methoxy groups -OCH3 is 2. The van der Waals surface area contributed by atoms with Crippen molar-refractivity contribution in [2.75, 3.05) is 32.3 Å². The molecule has 0 bridgehead atoms. The fraction of sp³-hybridized carbons (Fsp3) is 0.250. The van der Waals surface area contributed by atoms with Gasteiger partial charge in [-0.05, 0) is 35.9 Å². The van der Waals surface area contributed by atoms with Gasteiger partial charge in [0.05, 0.1) is 20.8 Å². The van der Waals surface area contributed by atoms with E-state index in [9.17, 15) is 9.59 Å². The van der Waals surface area contributed by atoms with Gasteiger partial charge in [-0.1, -0.05) is 12.1 Å². The van der Waals surface area contributed by atoms with Crippen LogP contribution in [0.25, 0.3) is 6.08 Å². The number of ether oxygens (including phenoxy) is 3. The highest BCUT2D eigenvalue weighted by Gasteiger charge is 2.21. The number of esters is 2. The summed E-state index contributed by atoms with van der Waals surface area (Å²) in [6.07, 6.45) is 3.20. The Morgan fingerprint density at radius 1 is 1.15 bits per heavy atom. The first-order valence-electron chi connectivity index (χ1n) is 8.42. The van der Waals surface area contributed by atoms with E-state index in [2.05, 4.69) is 19.4 Å². The van der Waals surface area contributed by atoms with Crippen molar-refractivity contribution in [2.24, 2.45) is 0 Å². The maximum Gasteiger partial charge on any atom is 0.345 e. The molecule has 0 amide bonds. The van der Waals surface area contributed by atoms with E-state index in [1.807, 2.05) is 30.3 Å². The zero-order chi connectivity index (χ0) is 19.2. The van der Waals surface area contributed by atoms with Crippen LogP contribution >= 0.6 is 0 Å². The molecule has 1 aliphatic rings. The quantitative estimate of drug-likeness (QED) is 0.354. The summed E-state index contributed by atoms with van der Waals surface area (Å²) in [5.74, 6) is 0.134. The molecule has 0 fully saturated rings. The van der Waals surface area contributed by atoms with Gasteiger partial charge in [0, 0.05) is 18.3 Å². The molecule has 3 rings (SSSR count). The highest BCUT2D eigenvalue weighted by atomic mass is 16.5. The van der Waals surface area contributed by atoms with E-state index in [-0.39, 0.29) is 5.57 Å². The van der Waals surface area contributed by atoms with Crippen LogP contribution in [0, 0.1) is 0 Å². The largest absolute Gasteiger partial charge is 0.491 e. The van der Waals surface area contributed by atoms with E-state index in [0.717, 1.165) is 17.1 Å². The number of rotatable bonds is 4. The van der Waals surface area contributed by atoms with Crippen LogP contribution in [0.5, 0.6) is 5.75 Å². The van der Waals surface area contributed by atoms with Gasteiger partial charge in [0.15, 0.2) is 0 Å². The van der Waals surface area contributed by atoms with Crippen LogP contribution in [0.4, 0.5) is 5.82 Å². The number of carbonyl (C=O) groups is 2. The van der Waals surface area contributed by atoms with Crippen LogP contribution in [-0.2, 0) is 25.6 Å². The number of hydrogen-bond acceptors (Lipinski definition) is 7. The van der Waals surface area contributed by atoms with Crippen LogP contribution in [0.3, 0.4) is 0 Å². The van der Waals surface area contributed by atoms with Gasteiger partial charge in [-0.25, -0.2) is 14.6 Å². The lowest BCUT2D eigenvalue weighted by atomic mass is 10.1. The first-order chi connectivity index (χ1) is 13.1. The monoisotopic (exact) mass is 368 g/mol. The van der Waals surface area contributed by atoms with Gasteiger partial charge in [0.2, 0.25) is 0 Å². The average Bonchev–Trinajstić information content (AvgIpc) is 2.93. The maximum absolute atomic E-state index is 11.9. The molecule has 7 nitrogen and oxygen atoms in total. The number of fused-ring (bicyclic) bond motifs is 1. The molecule has 2 aromatic rings. The van der Waals surface area contributed by atoms with Crippen molar-refractivity contribution in [3.63, 3.8) is 0 Å². The molecule has 7 heteroatoms. The Morgan fingerprint density at radius 2 is 1.93 bits per heavy atom. The van der Waals surface area contributed by atoms with Crippen LogP contribution in [0.15, 0.2) is 48.2 Å². The van der Waals surface area contributed by atoms with Gasteiger partial charge in [-0.3, -0.25) is 0 Å². The minimum Gasteiger partial charge on any atom is -0.491 e. The van der Waals surface area contributed by atoms with E-state index >= 15 is 0 Å². The molecule has 0 N–H and O–H groups in total. The zero-order valence-electron chi connectivity index (χ0n) is 15.2. The SMILES string of the molecule is COC(=O)C(=Cc1ccc2c(c1)CN(c1ccccn1)CCO2)C(=O)OC. The summed E-state index contributed by atoms with van der Waals surface area (Å²) in [6.45, 7) is 1.83. The molecule has 0 saturated heterocycles. The minimum absolute atomic E-state index is 0.170. The third kappa shape index (κ3) is 4.25. The van der Waals surface area contributed by atoms with Gasteiger partial charge < -0.3 is 19.1 Å². The Morgan fingerprint density at radius 3 is 2.59 bits per heavy atom. The van der Waals surface area contributed by atoms with E-state index in [1.54, 1.807) is 12.3 Å². The Bertz CT molecular complexity index is 846. The van der Waals surface area contributed by atoms with Crippen molar-refractivity contribution in [1.29, 1.82) is 0 Å². The van der Waals surface area contributed by atoms with Crippen LogP contribution in [-0.4, -0.2) is 44.3 Å². The summed E-state index contributed by atoms with van der Waals surface area (Å²) >= 11 is 0. The molecular weight excluding hydrogens is 348 g/mol. The Labute approximate surface area is 157 Å². The van der Waals surface area contributed by atoms with Gasteiger partial charge in [-0.2, -0.15) is 0 Å². The molecule has 27 heavy (non-hydrogen) atoms. The van der Waals surface area contributed by atoms with E-state index in [1.165, 1.54) is 20.3 Å². The van der Waals surface area contributed by atoms with Gasteiger partial charge in [0.25, 0.3) is 0 Å². The minimum atomic E-state index is -0.747. The van der Waals surface area contributed by atoms with Crippen LogP contribution < -0.4 is 9.64 Å². The van der Waals surface area contributed by atoms with Crippen LogP contribution in [0.2, 0.25) is 0 Å². The number of hydrogen-bond donors (Lipinski definition) is 0. The van der Waals surface area contributed by atoms with Gasteiger partial charge in [-0.15, -0.1) is 0 Å². The van der Waals surface area contributed by atoms with Gasteiger partial charge in [0.1, 0.15) is 23.7 Å². The van der Waals surface area contributed by atoms with E-state index < -0.39 is 11.9 Å². The molecular formula is C20H20N2O5. The molecule has 0 radical (unpaired) electrons. The molecule has 1 aromatic heterocycles. The molecule has 0 saturated carbocycles. The lowest BCUT2D eigenvalue weighted by Crippen LogP contribution is -2.25. The summed E-state index contributed by atoms with van der Waals surface area (Å²) < 4.78 is 15.2. The second-order valence-corrected chi connectivity index (χ2v) is 5.87. The Balaban J connectivity index is 1.93. The molecule has 0 aliphatic carbocycles. The Hall–Kier alpha value is -3.35. The number of anilines is 1. The molecule has 0 atom stereocenters. The number of nitrogens with zero attached hydrogens (tertiary/aromatic N) is 2. The molecule has 1 aromatic carbocycles. The number of carbonyl (C=O) groups excluding carboxylic acids is 2. The van der Waals surface area contributed by atoms with Gasteiger partial charge >= 0.3 is 11.9 Å². The molecule has 0 unspecified atom stereocenters. The normalized spacial score (nSPS) is 12.9. The fourth-order valence-corrected chi connectivity index (χ4v) is 2.83. The summed E-state index contributed by atoms with van der Waals surface area (Å²) in [7, 11) is 2.43. The average molecular weight is 368 g/mol. The number of aromatic nitrogens is 1. The fourth-order valence-electron chi connectivity index (χ4n) is 2.83. The summed E-state index contributed by atoms with van der Waals surface area (Å²) in [4.78, 5) is 30.2. The first kappa shape index (κ1) is 18.4. The summed E-state index contributed by atoms with van der Waals surface area (Å²) in [6, 6.07) is 11.2. The molecule has 140 valence electrons. The third-order valence-electron chi connectivity index (χ3n) is 4.16. The summed E-state index contributed by atoms with van der Waals surface area (Å²) in [5.41, 5.74) is 1.43. The molecule has 1 aliphatic heterocycles. The second kappa shape index (κ2) is 8.35. The van der Waals surface area contributed by atoms with Crippen molar-refractivity contribution in [2.45, 2.75) is 6.54 Å². The summed E-state index contributed by atoms with van der Waals surface area (Å²) in [5, 5.41) is 0. The standard InChI is InChI=1S/C20H20N2O5/c1-25-19(23)16(20(24)26-2)12-14-6-7-17-15(11-14)13-22(9-10-27-17)18-5-3-4-8-21-18/h3-8,11-12H,9-10,13H2,1-2H3. The van der Waals surface area contributed by atoms with Crippen molar-refractivity contribution >= 4 is 23.8 Å². The van der Waals surface area contributed by atoms with E-state index in [0.29, 0.717) is 25.3 Å². The van der Waals surface area contributed by atoms with Crippen molar-refractivity contribution < 1.29 is 23.8 Å². The van der Waals surface area contributed by atoms with Crippen molar-refractivity contribution in [3.05, 3.63) is 59.3 Å². The number of benzene rings is 1. The molecule has 2 heterocycles. The van der Waals surface area contributed by atoms with Crippen molar-refractivity contribution in [3.8, 4) is 5.75 Å². The highest BCUT2D eigenvalue weighted by molar-refractivity contribution is 6.17. The lowest BCUT2D eigenvalue weighted by molar-refractivity contribution is -0.143. The predicted octanol–water partition coefficient (Wildman–Crippen LogP) is 2.21. The highest BCUT2D eigenvalue weighted by Crippen LogP contribution is 2.27. The lowest BCUT2D eigenvalue weighted by Gasteiger charge is -2.20. The Kier molecular flexibility index (Phi) is 5.71.